The highest BCUT2D eigenvalue weighted by Crippen LogP contribution is 2.40. The summed E-state index contributed by atoms with van der Waals surface area (Å²) in [4.78, 5) is 12.9. The fourth-order valence-electron chi connectivity index (χ4n) is 3.03. The van der Waals surface area contributed by atoms with E-state index < -0.39 is 5.63 Å². The molecule has 0 saturated carbocycles. The second-order valence-electron chi connectivity index (χ2n) is 5.91. The summed E-state index contributed by atoms with van der Waals surface area (Å²) in [7, 11) is 0. The highest BCUT2D eigenvalue weighted by Gasteiger charge is 2.20. The first-order chi connectivity index (χ1) is 12.9. The summed E-state index contributed by atoms with van der Waals surface area (Å²) in [5.41, 5.74) is 2.27. The van der Waals surface area contributed by atoms with Crippen LogP contribution in [0, 0.1) is 0 Å². The molecule has 0 aliphatic rings. The van der Waals surface area contributed by atoms with Crippen molar-refractivity contribution in [2.45, 2.75) is 0 Å². The Bertz CT molecular complexity index is 1230. The Kier molecular flexibility index (Phi) is 4.92. The van der Waals surface area contributed by atoms with Gasteiger partial charge in [0, 0.05) is 31.6 Å². The van der Waals surface area contributed by atoms with Crippen LogP contribution >= 0.6 is 46.4 Å². The number of fused-ring (bicyclic) bond motifs is 1. The van der Waals surface area contributed by atoms with Crippen molar-refractivity contribution in [3.8, 4) is 22.3 Å². The van der Waals surface area contributed by atoms with Crippen molar-refractivity contribution in [2.24, 2.45) is 0 Å². The minimum absolute atomic E-state index is 0.341. The lowest BCUT2D eigenvalue weighted by Gasteiger charge is -2.14. The molecule has 0 unspecified atom stereocenters. The standard InChI is InChI=1S/C21H10Cl4O2/c22-12-3-1-11(2-4-12)19-16-9-13(23)6-8-18(16)27-21(26)20(19)15-7-5-14(24)10-17(15)25/h1-10H. The van der Waals surface area contributed by atoms with E-state index in [9.17, 15) is 4.79 Å². The normalized spacial score (nSPS) is 11.1. The zero-order valence-corrected chi connectivity index (χ0v) is 16.6. The van der Waals surface area contributed by atoms with Crippen molar-refractivity contribution in [1.29, 1.82) is 0 Å². The highest BCUT2D eigenvalue weighted by molar-refractivity contribution is 6.36. The van der Waals surface area contributed by atoms with Gasteiger partial charge < -0.3 is 4.42 Å². The van der Waals surface area contributed by atoms with Crippen LogP contribution in [0.1, 0.15) is 0 Å². The predicted molar refractivity (Wildman–Crippen MR) is 113 cm³/mol. The minimum Gasteiger partial charge on any atom is -0.422 e. The molecule has 1 aromatic heterocycles. The SMILES string of the molecule is O=c1oc2ccc(Cl)cc2c(-c2ccc(Cl)cc2)c1-c1ccc(Cl)cc1Cl. The summed E-state index contributed by atoms with van der Waals surface area (Å²) in [5, 5.41) is 2.65. The number of benzene rings is 3. The van der Waals surface area contributed by atoms with Gasteiger partial charge in [-0.1, -0.05) is 64.6 Å². The van der Waals surface area contributed by atoms with Gasteiger partial charge >= 0.3 is 5.63 Å². The molecule has 0 atom stereocenters. The molecule has 0 aliphatic carbocycles. The first-order valence-electron chi connectivity index (χ1n) is 7.92. The predicted octanol–water partition coefficient (Wildman–Crippen LogP) is 7.74. The van der Waals surface area contributed by atoms with Crippen molar-refractivity contribution in [3.63, 3.8) is 0 Å². The average Bonchev–Trinajstić information content (AvgIpc) is 2.63. The van der Waals surface area contributed by atoms with Gasteiger partial charge in [-0.25, -0.2) is 4.79 Å². The van der Waals surface area contributed by atoms with E-state index in [0.717, 1.165) is 5.56 Å². The quantitative estimate of drug-likeness (QED) is 0.301. The molecular weight excluding hydrogens is 426 g/mol. The lowest BCUT2D eigenvalue weighted by molar-refractivity contribution is 0.564. The fraction of sp³-hybridized carbons (Fsp3) is 0. The summed E-state index contributed by atoms with van der Waals surface area (Å²) in [6, 6.07) is 17.3. The van der Waals surface area contributed by atoms with Crippen LogP contribution < -0.4 is 5.63 Å². The van der Waals surface area contributed by atoms with Gasteiger partial charge in [0.05, 0.1) is 10.6 Å². The Morgan fingerprint density at radius 3 is 2.00 bits per heavy atom. The molecule has 4 rings (SSSR count). The van der Waals surface area contributed by atoms with Crippen molar-refractivity contribution >= 4 is 57.4 Å². The van der Waals surface area contributed by atoms with Gasteiger partial charge in [-0.05, 0) is 48.0 Å². The van der Waals surface area contributed by atoms with Gasteiger partial charge in [0.1, 0.15) is 5.58 Å². The van der Waals surface area contributed by atoms with Crippen molar-refractivity contribution < 1.29 is 4.42 Å². The molecule has 0 bridgehead atoms. The van der Waals surface area contributed by atoms with E-state index in [1.807, 2.05) is 12.1 Å². The smallest absolute Gasteiger partial charge is 0.344 e. The van der Waals surface area contributed by atoms with Crippen molar-refractivity contribution in [2.75, 3.05) is 0 Å². The largest absolute Gasteiger partial charge is 0.422 e. The first kappa shape index (κ1) is 18.4. The molecule has 6 heteroatoms. The minimum atomic E-state index is -0.501. The third-order valence-corrected chi connectivity index (χ3v) is 5.24. The van der Waals surface area contributed by atoms with Gasteiger partial charge in [-0.2, -0.15) is 0 Å². The Morgan fingerprint density at radius 1 is 0.667 bits per heavy atom. The summed E-state index contributed by atoms with van der Waals surface area (Å²) in [6.07, 6.45) is 0. The van der Waals surface area contributed by atoms with E-state index in [4.69, 9.17) is 50.8 Å². The molecule has 1 heterocycles. The van der Waals surface area contributed by atoms with Gasteiger partial charge in [0.25, 0.3) is 0 Å². The summed E-state index contributed by atoms with van der Waals surface area (Å²) in [6.45, 7) is 0. The Balaban J connectivity index is 2.17. The molecule has 0 saturated heterocycles. The van der Waals surface area contributed by atoms with Crippen LogP contribution in [0.4, 0.5) is 0 Å². The topological polar surface area (TPSA) is 30.2 Å². The van der Waals surface area contributed by atoms with Crippen LogP contribution in [0.5, 0.6) is 0 Å². The van der Waals surface area contributed by atoms with E-state index in [2.05, 4.69) is 0 Å². The molecule has 0 radical (unpaired) electrons. The first-order valence-corrected chi connectivity index (χ1v) is 9.43. The molecule has 27 heavy (non-hydrogen) atoms. The number of hydrogen-bond donors (Lipinski definition) is 0. The molecule has 0 amide bonds. The van der Waals surface area contributed by atoms with Crippen LogP contribution in [0.3, 0.4) is 0 Å². The highest BCUT2D eigenvalue weighted by atomic mass is 35.5. The van der Waals surface area contributed by atoms with E-state index >= 15 is 0 Å². The molecule has 0 spiro atoms. The monoisotopic (exact) mass is 434 g/mol. The molecule has 4 aromatic rings. The van der Waals surface area contributed by atoms with Crippen LogP contribution in [0.15, 0.2) is 69.9 Å². The Hall–Kier alpha value is -1.97. The molecule has 134 valence electrons. The molecule has 0 N–H and O–H groups in total. The fourth-order valence-corrected chi connectivity index (χ4v) is 3.83. The van der Waals surface area contributed by atoms with E-state index in [0.29, 0.717) is 47.8 Å². The molecule has 0 aliphatic heterocycles. The maximum absolute atomic E-state index is 12.9. The number of rotatable bonds is 2. The third kappa shape index (κ3) is 3.46. The van der Waals surface area contributed by atoms with Gasteiger partial charge in [-0.15, -0.1) is 0 Å². The molecule has 3 aromatic carbocycles. The average molecular weight is 436 g/mol. The zero-order valence-electron chi connectivity index (χ0n) is 13.6. The van der Waals surface area contributed by atoms with Crippen LogP contribution in [0.2, 0.25) is 20.1 Å². The lowest BCUT2D eigenvalue weighted by atomic mass is 9.93. The second kappa shape index (κ2) is 7.21. The van der Waals surface area contributed by atoms with Gasteiger partial charge in [-0.3, -0.25) is 0 Å². The van der Waals surface area contributed by atoms with E-state index in [-0.39, 0.29) is 0 Å². The van der Waals surface area contributed by atoms with Gasteiger partial charge in [0.15, 0.2) is 0 Å². The zero-order chi connectivity index (χ0) is 19.1. The van der Waals surface area contributed by atoms with Crippen LogP contribution in [0.25, 0.3) is 33.2 Å². The van der Waals surface area contributed by atoms with Gasteiger partial charge in [0.2, 0.25) is 0 Å². The third-order valence-electron chi connectivity index (χ3n) is 4.20. The van der Waals surface area contributed by atoms with Crippen LogP contribution in [-0.4, -0.2) is 0 Å². The summed E-state index contributed by atoms with van der Waals surface area (Å²) >= 11 is 24.7. The summed E-state index contributed by atoms with van der Waals surface area (Å²) < 4.78 is 5.54. The van der Waals surface area contributed by atoms with E-state index in [1.165, 1.54) is 0 Å². The number of halogens is 4. The van der Waals surface area contributed by atoms with E-state index in [1.54, 1.807) is 48.5 Å². The van der Waals surface area contributed by atoms with Crippen molar-refractivity contribution in [3.05, 3.63) is 91.2 Å². The second-order valence-corrected chi connectivity index (χ2v) is 7.63. The van der Waals surface area contributed by atoms with Crippen molar-refractivity contribution in [1.82, 2.24) is 0 Å². The summed E-state index contributed by atoms with van der Waals surface area (Å²) in [5.74, 6) is 0. The molecular formula is C21H10Cl4O2. The Labute approximate surface area is 174 Å². The molecule has 2 nitrogen and oxygen atoms in total. The maximum atomic E-state index is 12.9. The Morgan fingerprint density at radius 2 is 1.30 bits per heavy atom. The molecule has 0 fully saturated rings. The maximum Gasteiger partial charge on any atom is 0.344 e. The number of hydrogen-bond acceptors (Lipinski definition) is 2. The van der Waals surface area contributed by atoms with Crippen LogP contribution in [-0.2, 0) is 0 Å². The lowest BCUT2D eigenvalue weighted by Crippen LogP contribution is -2.06.